The number of hydrogen-bond acceptors (Lipinski definition) is 8. The maximum absolute atomic E-state index is 13.4. The molecule has 4 rings (SSSR count). The van der Waals surface area contributed by atoms with Crippen LogP contribution in [0.15, 0.2) is 4.79 Å². The number of esters is 1. The average molecular weight is 442 g/mol. The molecule has 2 fully saturated rings. The lowest BCUT2D eigenvalue weighted by Crippen LogP contribution is -2.44. The largest absolute Gasteiger partial charge is 0.466 e. The van der Waals surface area contributed by atoms with E-state index in [2.05, 4.69) is 27.0 Å². The van der Waals surface area contributed by atoms with Gasteiger partial charge in [0.2, 0.25) is 11.9 Å². The lowest BCUT2D eigenvalue weighted by atomic mass is 9.97. The lowest BCUT2D eigenvalue weighted by molar-refractivity contribution is -0.148. The van der Waals surface area contributed by atoms with Gasteiger partial charge in [0.05, 0.1) is 19.1 Å². The lowest BCUT2D eigenvalue weighted by Gasteiger charge is -2.32. The van der Waals surface area contributed by atoms with E-state index in [1.54, 1.807) is 18.5 Å². The smallest absolute Gasteiger partial charge is 0.309 e. The molecular weight excluding hydrogens is 410 g/mol. The summed E-state index contributed by atoms with van der Waals surface area (Å²) >= 11 is 0. The Hall–Kier alpha value is -3.06. The van der Waals surface area contributed by atoms with Gasteiger partial charge in [-0.15, -0.1) is 5.92 Å². The van der Waals surface area contributed by atoms with Crippen molar-refractivity contribution in [3.8, 4) is 11.8 Å². The minimum Gasteiger partial charge on any atom is -0.466 e. The first-order valence-corrected chi connectivity index (χ1v) is 11.3. The molecule has 172 valence electrons. The molecule has 0 radical (unpaired) electrons. The van der Waals surface area contributed by atoms with E-state index in [1.165, 1.54) is 0 Å². The molecule has 10 nitrogen and oxygen atoms in total. The van der Waals surface area contributed by atoms with Crippen LogP contribution >= 0.6 is 0 Å². The van der Waals surface area contributed by atoms with Crippen molar-refractivity contribution in [2.24, 2.45) is 13.0 Å². The molecule has 0 atom stereocenters. The summed E-state index contributed by atoms with van der Waals surface area (Å²) in [6.07, 6.45) is 1.36. The third kappa shape index (κ3) is 4.17. The fourth-order valence-corrected chi connectivity index (χ4v) is 4.41. The van der Waals surface area contributed by atoms with Crippen LogP contribution < -0.4 is 20.7 Å². The van der Waals surface area contributed by atoms with Crippen LogP contribution in [-0.2, 0) is 23.1 Å². The van der Waals surface area contributed by atoms with Crippen molar-refractivity contribution in [2.45, 2.75) is 33.2 Å². The molecule has 0 bridgehead atoms. The Kier molecular flexibility index (Phi) is 6.65. The zero-order chi connectivity index (χ0) is 22.7. The number of nitrogens with one attached hydrogen (secondary N) is 1. The van der Waals surface area contributed by atoms with Gasteiger partial charge in [0.1, 0.15) is 0 Å². The Morgan fingerprint density at radius 1 is 1.12 bits per heavy atom. The first kappa shape index (κ1) is 22.1. The molecule has 2 aromatic rings. The molecule has 2 aliphatic rings. The number of carbonyl (C=O) groups is 1. The summed E-state index contributed by atoms with van der Waals surface area (Å²) < 4.78 is 8.65. The summed E-state index contributed by atoms with van der Waals surface area (Å²) in [6, 6.07) is 0. The number of carbonyl (C=O) groups excluding carboxylic acids is 1. The van der Waals surface area contributed by atoms with Gasteiger partial charge < -0.3 is 19.9 Å². The Morgan fingerprint density at radius 3 is 2.44 bits per heavy atom. The van der Waals surface area contributed by atoms with Crippen LogP contribution in [0.3, 0.4) is 0 Å². The quantitative estimate of drug-likeness (QED) is 0.524. The number of aromatic nitrogens is 4. The van der Waals surface area contributed by atoms with E-state index in [4.69, 9.17) is 14.7 Å². The summed E-state index contributed by atoms with van der Waals surface area (Å²) in [7, 11) is 1.74. The fourth-order valence-electron chi connectivity index (χ4n) is 4.41. The predicted octanol–water partition coefficient (Wildman–Crippen LogP) is 0.342. The van der Waals surface area contributed by atoms with Crippen molar-refractivity contribution >= 4 is 29.0 Å². The normalized spacial score (nSPS) is 17.3. The number of rotatable bonds is 5. The van der Waals surface area contributed by atoms with Gasteiger partial charge >= 0.3 is 5.97 Å². The second-order valence-corrected chi connectivity index (χ2v) is 8.12. The molecule has 2 aromatic heterocycles. The number of hydrogen-bond donors (Lipinski definition) is 1. The predicted molar refractivity (Wildman–Crippen MR) is 123 cm³/mol. The van der Waals surface area contributed by atoms with Gasteiger partial charge in [0.15, 0.2) is 11.2 Å². The van der Waals surface area contributed by atoms with Gasteiger partial charge in [0, 0.05) is 46.3 Å². The highest BCUT2D eigenvalue weighted by atomic mass is 16.5. The monoisotopic (exact) mass is 441 g/mol. The van der Waals surface area contributed by atoms with E-state index in [9.17, 15) is 9.59 Å². The van der Waals surface area contributed by atoms with Gasteiger partial charge in [-0.2, -0.15) is 9.97 Å². The van der Waals surface area contributed by atoms with Crippen molar-refractivity contribution < 1.29 is 9.53 Å². The van der Waals surface area contributed by atoms with Gasteiger partial charge in [0.25, 0.3) is 5.56 Å². The van der Waals surface area contributed by atoms with Crippen LogP contribution in [0.4, 0.5) is 11.9 Å². The van der Waals surface area contributed by atoms with Crippen LogP contribution in [0.25, 0.3) is 11.2 Å². The molecule has 0 unspecified atom stereocenters. The third-order valence-corrected chi connectivity index (χ3v) is 6.15. The number of ether oxygens (including phenoxy) is 1. The van der Waals surface area contributed by atoms with E-state index in [0.29, 0.717) is 56.2 Å². The Balaban J connectivity index is 1.69. The first-order valence-electron chi connectivity index (χ1n) is 11.3. The molecule has 0 amide bonds. The fraction of sp³-hybridized carbons (Fsp3) is 0.636. The number of anilines is 2. The first-order chi connectivity index (χ1) is 15.5. The highest BCUT2D eigenvalue weighted by molar-refractivity contribution is 5.76. The van der Waals surface area contributed by atoms with E-state index in [-0.39, 0.29) is 17.4 Å². The Morgan fingerprint density at radius 2 is 1.78 bits per heavy atom. The molecule has 10 heteroatoms. The van der Waals surface area contributed by atoms with Gasteiger partial charge in [-0.1, -0.05) is 5.92 Å². The van der Waals surface area contributed by atoms with Crippen LogP contribution in [0.2, 0.25) is 0 Å². The Bertz CT molecular complexity index is 1100. The zero-order valence-corrected chi connectivity index (χ0v) is 19.1. The number of imidazole rings is 1. The molecule has 2 aliphatic heterocycles. The van der Waals surface area contributed by atoms with Crippen LogP contribution in [0, 0.1) is 17.8 Å². The van der Waals surface area contributed by atoms with Gasteiger partial charge in [-0.3, -0.25) is 18.7 Å². The van der Waals surface area contributed by atoms with Crippen molar-refractivity contribution in [3.05, 3.63) is 10.4 Å². The maximum atomic E-state index is 13.4. The van der Waals surface area contributed by atoms with Crippen LogP contribution in [0.5, 0.6) is 0 Å². The van der Waals surface area contributed by atoms with Crippen LogP contribution in [-0.4, -0.2) is 70.9 Å². The standard InChI is InChI=1S/C22H31N7O3/c1-4-6-11-29-17-18(25-22(29)28-14-9-23-10-15-28)24-21(26(3)19(17)30)27-12-7-16(8-13-27)20(31)32-5-2/h16,23H,5,7-15H2,1-3H3. The van der Waals surface area contributed by atoms with Crippen LogP contribution in [0.1, 0.15) is 26.7 Å². The third-order valence-electron chi connectivity index (χ3n) is 6.15. The highest BCUT2D eigenvalue weighted by Gasteiger charge is 2.29. The number of nitrogens with zero attached hydrogens (tertiary/aromatic N) is 6. The summed E-state index contributed by atoms with van der Waals surface area (Å²) in [5, 5.41) is 3.35. The van der Waals surface area contributed by atoms with Crippen molar-refractivity contribution in [1.82, 2.24) is 24.4 Å². The number of piperidine rings is 1. The van der Waals surface area contributed by atoms with E-state index in [0.717, 1.165) is 32.1 Å². The van der Waals surface area contributed by atoms with Crippen molar-refractivity contribution in [3.63, 3.8) is 0 Å². The molecule has 0 aromatic carbocycles. The average Bonchev–Trinajstić information content (AvgIpc) is 3.19. The minimum absolute atomic E-state index is 0.0990. The Labute approximate surface area is 187 Å². The minimum atomic E-state index is -0.138. The molecule has 0 spiro atoms. The highest BCUT2D eigenvalue weighted by Crippen LogP contribution is 2.25. The van der Waals surface area contributed by atoms with E-state index >= 15 is 0 Å². The molecule has 0 aliphatic carbocycles. The second kappa shape index (κ2) is 9.61. The molecule has 0 saturated carbocycles. The second-order valence-electron chi connectivity index (χ2n) is 8.12. The summed E-state index contributed by atoms with van der Waals surface area (Å²) in [5.74, 6) is 7.08. The van der Waals surface area contributed by atoms with E-state index in [1.807, 2.05) is 11.5 Å². The molecule has 32 heavy (non-hydrogen) atoms. The topological polar surface area (TPSA) is 97.5 Å². The molecular formula is C22H31N7O3. The molecule has 2 saturated heterocycles. The van der Waals surface area contributed by atoms with E-state index < -0.39 is 0 Å². The summed E-state index contributed by atoms with van der Waals surface area (Å²) in [5.41, 5.74) is 0.792. The maximum Gasteiger partial charge on any atom is 0.309 e. The summed E-state index contributed by atoms with van der Waals surface area (Å²) in [4.78, 5) is 39.3. The van der Waals surface area contributed by atoms with Gasteiger partial charge in [-0.25, -0.2) is 0 Å². The number of piperazine rings is 1. The van der Waals surface area contributed by atoms with Gasteiger partial charge in [-0.05, 0) is 26.7 Å². The number of fused-ring (bicyclic) bond motifs is 1. The zero-order valence-electron chi connectivity index (χ0n) is 19.1. The molecule has 4 heterocycles. The van der Waals surface area contributed by atoms with Crippen molar-refractivity contribution in [2.75, 3.05) is 55.7 Å². The molecule has 1 N–H and O–H groups in total. The SMILES string of the molecule is CC#CCn1c(N2CCNCC2)nc2nc(N3CCC(C(=O)OCC)CC3)n(C)c(=O)c21. The van der Waals surface area contributed by atoms with Crippen molar-refractivity contribution in [1.29, 1.82) is 0 Å². The summed E-state index contributed by atoms with van der Waals surface area (Å²) in [6.45, 7) is 9.06.